The molecule has 0 saturated heterocycles. The van der Waals surface area contributed by atoms with E-state index in [0.29, 0.717) is 5.82 Å². The van der Waals surface area contributed by atoms with Gasteiger partial charge in [0.05, 0.1) is 11.4 Å². The summed E-state index contributed by atoms with van der Waals surface area (Å²) in [5.74, 6) is 0.684. The molecule has 0 atom stereocenters. The third kappa shape index (κ3) is 5.15. The van der Waals surface area contributed by atoms with Crippen LogP contribution < -0.4 is 0 Å². The van der Waals surface area contributed by atoms with Gasteiger partial charge in [0.25, 0.3) is 0 Å². The number of hydrogen-bond donors (Lipinski definition) is 0. The fraction of sp³-hybridized carbons (Fsp3) is 0. The monoisotopic (exact) mass is 617 g/mol. The standard InChI is InChI=1S/C43H27N3S/c1-3-12-29(13-4-1)39-26-40(30-14-5-2-6-15-30)46-42(45-39)35-23-33(32-20-19-28-11-7-8-16-31(28)21-32)22-34(24-35)36-25-38-37-17-9-10-18-41(37)47-43(38)44-27-36/h1-27H. The molecule has 0 aliphatic rings. The van der Waals surface area contributed by atoms with E-state index in [4.69, 9.17) is 15.0 Å². The molecular weight excluding hydrogens is 591 g/mol. The zero-order valence-corrected chi connectivity index (χ0v) is 26.2. The lowest BCUT2D eigenvalue weighted by molar-refractivity contribution is 1.18. The molecule has 0 N–H and O–H groups in total. The summed E-state index contributed by atoms with van der Waals surface area (Å²) in [5, 5.41) is 4.84. The molecule has 3 nitrogen and oxygen atoms in total. The van der Waals surface area contributed by atoms with Gasteiger partial charge in [-0.25, -0.2) is 15.0 Å². The summed E-state index contributed by atoms with van der Waals surface area (Å²) >= 11 is 1.73. The highest BCUT2D eigenvalue weighted by Gasteiger charge is 2.15. The van der Waals surface area contributed by atoms with Gasteiger partial charge in [-0.1, -0.05) is 115 Å². The molecular formula is C43H27N3S. The third-order valence-electron chi connectivity index (χ3n) is 8.71. The predicted octanol–water partition coefficient (Wildman–Crippen LogP) is 11.7. The highest BCUT2D eigenvalue weighted by atomic mass is 32.1. The van der Waals surface area contributed by atoms with Gasteiger partial charge in [0.2, 0.25) is 0 Å². The maximum absolute atomic E-state index is 5.18. The van der Waals surface area contributed by atoms with Gasteiger partial charge in [0.15, 0.2) is 5.82 Å². The van der Waals surface area contributed by atoms with E-state index in [-0.39, 0.29) is 0 Å². The Morgan fingerprint density at radius 2 is 1.00 bits per heavy atom. The lowest BCUT2D eigenvalue weighted by Crippen LogP contribution is -1.97. The van der Waals surface area contributed by atoms with E-state index >= 15 is 0 Å². The molecule has 0 aliphatic heterocycles. The molecule has 9 rings (SSSR count). The summed E-state index contributed by atoms with van der Waals surface area (Å²) < 4.78 is 1.25. The smallest absolute Gasteiger partial charge is 0.160 e. The molecule has 47 heavy (non-hydrogen) atoms. The molecule has 6 aromatic carbocycles. The number of benzene rings is 6. The zero-order chi connectivity index (χ0) is 31.2. The summed E-state index contributed by atoms with van der Waals surface area (Å²) in [6.07, 6.45) is 2.00. The van der Waals surface area contributed by atoms with Crippen molar-refractivity contribution in [1.29, 1.82) is 0 Å². The van der Waals surface area contributed by atoms with E-state index in [9.17, 15) is 0 Å². The second kappa shape index (κ2) is 11.4. The van der Waals surface area contributed by atoms with Crippen molar-refractivity contribution < 1.29 is 0 Å². The van der Waals surface area contributed by atoms with E-state index < -0.39 is 0 Å². The fourth-order valence-corrected chi connectivity index (χ4v) is 7.34. The van der Waals surface area contributed by atoms with Gasteiger partial charge in [-0.2, -0.15) is 0 Å². The Kier molecular flexibility index (Phi) is 6.65. The first kappa shape index (κ1) is 27.3. The molecule has 0 unspecified atom stereocenters. The van der Waals surface area contributed by atoms with Gasteiger partial charge in [-0.3, -0.25) is 0 Å². The van der Waals surface area contributed by atoms with E-state index in [2.05, 4.69) is 146 Å². The van der Waals surface area contributed by atoms with Gasteiger partial charge in [-0.15, -0.1) is 11.3 Å². The highest BCUT2D eigenvalue weighted by molar-refractivity contribution is 7.25. The number of rotatable bonds is 5. The summed E-state index contributed by atoms with van der Waals surface area (Å²) in [4.78, 5) is 16.3. The Morgan fingerprint density at radius 3 is 1.74 bits per heavy atom. The van der Waals surface area contributed by atoms with Crippen LogP contribution in [0.15, 0.2) is 164 Å². The van der Waals surface area contributed by atoms with Crippen LogP contribution in [0.5, 0.6) is 0 Å². The fourth-order valence-electron chi connectivity index (χ4n) is 6.32. The Labute approximate surface area is 276 Å². The van der Waals surface area contributed by atoms with Crippen LogP contribution >= 0.6 is 11.3 Å². The van der Waals surface area contributed by atoms with Crippen molar-refractivity contribution in [1.82, 2.24) is 15.0 Å². The maximum Gasteiger partial charge on any atom is 0.160 e. The molecule has 0 aliphatic carbocycles. The van der Waals surface area contributed by atoms with Crippen molar-refractivity contribution in [2.45, 2.75) is 0 Å². The summed E-state index contributed by atoms with van der Waals surface area (Å²) in [6, 6.07) is 55.4. The average molecular weight is 618 g/mol. The highest BCUT2D eigenvalue weighted by Crippen LogP contribution is 2.38. The van der Waals surface area contributed by atoms with Crippen molar-refractivity contribution in [3.8, 4) is 56.2 Å². The van der Waals surface area contributed by atoms with Crippen LogP contribution in [0.4, 0.5) is 0 Å². The van der Waals surface area contributed by atoms with Crippen LogP contribution in [-0.2, 0) is 0 Å². The quantitative estimate of drug-likeness (QED) is 0.193. The van der Waals surface area contributed by atoms with Crippen molar-refractivity contribution in [3.05, 3.63) is 164 Å². The summed E-state index contributed by atoms with van der Waals surface area (Å²) in [6.45, 7) is 0. The molecule has 220 valence electrons. The number of nitrogens with zero attached hydrogens (tertiary/aromatic N) is 3. The zero-order valence-electron chi connectivity index (χ0n) is 25.3. The Hall–Kier alpha value is -5.97. The van der Waals surface area contributed by atoms with E-state index in [1.54, 1.807) is 11.3 Å². The van der Waals surface area contributed by atoms with Crippen molar-refractivity contribution in [3.63, 3.8) is 0 Å². The van der Waals surface area contributed by atoms with Gasteiger partial charge >= 0.3 is 0 Å². The molecule has 0 fully saturated rings. The molecule has 9 aromatic rings. The normalized spacial score (nSPS) is 11.4. The second-order valence-electron chi connectivity index (χ2n) is 11.7. The first-order chi connectivity index (χ1) is 23.2. The van der Waals surface area contributed by atoms with Crippen LogP contribution in [-0.4, -0.2) is 15.0 Å². The summed E-state index contributed by atoms with van der Waals surface area (Å²) in [7, 11) is 0. The molecule has 0 saturated carbocycles. The topological polar surface area (TPSA) is 38.7 Å². The maximum atomic E-state index is 5.18. The van der Waals surface area contributed by atoms with Gasteiger partial charge < -0.3 is 0 Å². The minimum atomic E-state index is 0.684. The Bertz CT molecular complexity index is 2510. The van der Waals surface area contributed by atoms with Crippen LogP contribution in [0, 0.1) is 0 Å². The molecule has 0 radical (unpaired) electrons. The van der Waals surface area contributed by atoms with Gasteiger partial charge in [-0.05, 0) is 69.9 Å². The largest absolute Gasteiger partial charge is 0.245 e. The second-order valence-corrected chi connectivity index (χ2v) is 12.8. The Morgan fingerprint density at radius 1 is 0.383 bits per heavy atom. The lowest BCUT2D eigenvalue weighted by atomic mass is 9.94. The minimum absolute atomic E-state index is 0.684. The SMILES string of the molecule is c1ccc(-c2cc(-c3ccccc3)nc(-c3cc(-c4ccc5ccccc5c4)cc(-c4cnc5sc6ccccc6c5c4)c3)n2)cc1. The van der Waals surface area contributed by atoms with Gasteiger partial charge in [0, 0.05) is 43.9 Å². The molecule has 0 amide bonds. The number of hydrogen-bond acceptors (Lipinski definition) is 4. The molecule has 0 bridgehead atoms. The van der Waals surface area contributed by atoms with Crippen molar-refractivity contribution >= 4 is 42.4 Å². The minimum Gasteiger partial charge on any atom is -0.245 e. The molecule has 3 heterocycles. The van der Waals surface area contributed by atoms with Crippen molar-refractivity contribution in [2.75, 3.05) is 0 Å². The average Bonchev–Trinajstić information content (AvgIpc) is 3.53. The van der Waals surface area contributed by atoms with Crippen LogP contribution in [0.1, 0.15) is 0 Å². The number of fused-ring (bicyclic) bond motifs is 4. The van der Waals surface area contributed by atoms with Crippen LogP contribution in [0.3, 0.4) is 0 Å². The van der Waals surface area contributed by atoms with Crippen LogP contribution in [0.2, 0.25) is 0 Å². The lowest BCUT2D eigenvalue weighted by Gasteiger charge is -2.13. The van der Waals surface area contributed by atoms with Crippen molar-refractivity contribution in [2.24, 2.45) is 0 Å². The van der Waals surface area contributed by atoms with E-state index in [0.717, 1.165) is 55.2 Å². The molecule has 0 spiro atoms. The van der Waals surface area contributed by atoms with Crippen LogP contribution in [0.25, 0.3) is 87.2 Å². The number of thiophene rings is 1. The van der Waals surface area contributed by atoms with Gasteiger partial charge in [0.1, 0.15) is 4.83 Å². The summed E-state index contributed by atoms with van der Waals surface area (Å²) in [5.41, 5.74) is 9.22. The Balaban J connectivity index is 1.28. The number of aromatic nitrogens is 3. The first-order valence-electron chi connectivity index (χ1n) is 15.7. The van der Waals surface area contributed by atoms with E-state index in [1.807, 2.05) is 18.3 Å². The third-order valence-corrected chi connectivity index (χ3v) is 9.80. The van der Waals surface area contributed by atoms with E-state index in [1.165, 1.54) is 26.2 Å². The first-order valence-corrected chi connectivity index (χ1v) is 16.5. The molecule has 3 aromatic heterocycles. The predicted molar refractivity (Wildman–Crippen MR) is 197 cm³/mol. The molecule has 4 heteroatoms. The number of pyridine rings is 1.